The van der Waals surface area contributed by atoms with E-state index in [1.165, 1.54) is 16.9 Å². The van der Waals surface area contributed by atoms with Crippen molar-refractivity contribution in [3.63, 3.8) is 0 Å². The number of aromatic nitrogens is 1. The first-order valence-electron chi connectivity index (χ1n) is 7.25. The van der Waals surface area contributed by atoms with Crippen LogP contribution in [0.25, 0.3) is 0 Å². The number of nitrogens with one attached hydrogen (secondary N) is 1. The van der Waals surface area contributed by atoms with Gasteiger partial charge in [0, 0.05) is 30.7 Å². The van der Waals surface area contributed by atoms with Gasteiger partial charge in [-0.25, -0.2) is 0 Å². The average molecular weight is 269 g/mol. The maximum absolute atomic E-state index is 4.42. The summed E-state index contributed by atoms with van der Waals surface area (Å²) in [4.78, 5) is 6.75. The van der Waals surface area contributed by atoms with E-state index in [0.29, 0.717) is 0 Å². The molecule has 20 heavy (non-hydrogen) atoms. The van der Waals surface area contributed by atoms with Crippen LogP contribution in [-0.2, 0) is 6.54 Å². The minimum absolute atomic E-state index is 0.815. The Labute approximate surface area is 121 Å². The number of benzene rings is 1. The Balaban J connectivity index is 2.30. The number of rotatable bonds is 6. The quantitative estimate of drug-likeness (QED) is 0.867. The molecule has 1 heterocycles. The normalized spacial score (nSPS) is 10.6. The summed E-state index contributed by atoms with van der Waals surface area (Å²) < 4.78 is 0. The summed E-state index contributed by atoms with van der Waals surface area (Å²) in [5.41, 5.74) is 4.83. The lowest BCUT2D eigenvalue weighted by molar-refractivity contribution is 0.710. The zero-order chi connectivity index (χ0) is 14.4. The van der Waals surface area contributed by atoms with Crippen molar-refractivity contribution in [2.75, 3.05) is 18.0 Å². The van der Waals surface area contributed by atoms with Crippen LogP contribution in [-0.4, -0.2) is 18.1 Å². The number of para-hydroxylation sites is 1. The summed E-state index contributed by atoms with van der Waals surface area (Å²) >= 11 is 0. The minimum atomic E-state index is 0.815. The van der Waals surface area contributed by atoms with Crippen molar-refractivity contribution in [2.24, 2.45) is 0 Å². The second kappa shape index (κ2) is 7.06. The predicted octanol–water partition coefficient (Wildman–Crippen LogP) is 3.66. The standard InChI is InChI=1S/C17H23N3/c1-4-18-13-15-12-16(10-11-19-15)20(5-2)17-9-7-6-8-14(17)3/h6-12,18H,4-5,13H2,1-3H3. The molecule has 0 saturated carbocycles. The van der Waals surface area contributed by atoms with Crippen molar-refractivity contribution in [3.8, 4) is 0 Å². The fraction of sp³-hybridized carbons (Fsp3) is 0.353. The minimum Gasteiger partial charge on any atom is -0.341 e. The molecule has 0 radical (unpaired) electrons. The smallest absolute Gasteiger partial charge is 0.0562 e. The maximum atomic E-state index is 4.42. The van der Waals surface area contributed by atoms with Crippen LogP contribution in [0.4, 0.5) is 11.4 Å². The van der Waals surface area contributed by atoms with Gasteiger partial charge in [0.1, 0.15) is 0 Å². The topological polar surface area (TPSA) is 28.2 Å². The molecule has 0 amide bonds. The fourth-order valence-electron chi connectivity index (χ4n) is 2.34. The van der Waals surface area contributed by atoms with Gasteiger partial charge in [0.05, 0.1) is 5.69 Å². The van der Waals surface area contributed by atoms with Gasteiger partial charge in [-0.15, -0.1) is 0 Å². The van der Waals surface area contributed by atoms with Gasteiger partial charge in [0.15, 0.2) is 0 Å². The first kappa shape index (κ1) is 14.5. The Morgan fingerprint density at radius 3 is 2.65 bits per heavy atom. The van der Waals surface area contributed by atoms with Gasteiger partial charge >= 0.3 is 0 Å². The van der Waals surface area contributed by atoms with Gasteiger partial charge in [-0.1, -0.05) is 25.1 Å². The first-order chi connectivity index (χ1) is 9.76. The van der Waals surface area contributed by atoms with E-state index in [-0.39, 0.29) is 0 Å². The lowest BCUT2D eigenvalue weighted by atomic mass is 10.1. The van der Waals surface area contributed by atoms with Crippen LogP contribution in [0.2, 0.25) is 0 Å². The summed E-state index contributed by atoms with van der Waals surface area (Å²) in [5, 5.41) is 3.32. The first-order valence-corrected chi connectivity index (χ1v) is 7.25. The molecule has 0 fully saturated rings. The van der Waals surface area contributed by atoms with Gasteiger partial charge in [-0.2, -0.15) is 0 Å². The summed E-state index contributed by atoms with van der Waals surface area (Å²) in [6.45, 7) is 9.15. The van der Waals surface area contributed by atoms with Crippen molar-refractivity contribution < 1.29 is 0 Å². The molecule has 0 saturated heterocycles. The summed E-state index contributed by atoms with van der Waals surface area (Å²) in [5.74, 6) is 0. The summed E-state index contributed by atoms with van der Waals surface area (Å²) in [6.07, 6.45) is 1.89. The van der Waals surface area contributed by atoms with E-state index in [1.54, 1.807) is 0 Å². The number of hydrogen-bond donors (Lipinski definition) is 1. The molecule has 1 aromatic carbocycles. The molecule has 0 bridgehead atoms. The monoisotopic (exact) mass is 269 g/mol. The van der Waals surface area contributed by atoms with Crippen molar-refractivity contribution >= 4 is 11.4 Å². The number of nitrogens with zero attached hydrogens (tertiary/aromatic N) is 2. The van der Waals surface area contributed by atoms with Crippen LogP contribution in [0.15, 0.2) is 42.6 Å². The molecule has 0 spiro atoms. The molecular formula is C17H23N3. The zero-order valence-corrected chi connectivity index (χ0v) is 12.6. The van der Waals surface area contributed by atoms with Crippen LogP contribution in [0.1, 0.15) is 25.1 Å². The van der Waals surface area contributed by atoms with E-state index in [0.717, 1.165) is 25.3 Å². The van der Waals surface area contributed by atoms with E-state index in [1.807, 2.05) is 6.20 Å². The van der Waals surface area contributed by atoms with Crippen molar-refractivity contribution in [3.05, 3.63) is 53.9 Å². The fourth-order valence-corrected chi connectivity index (χ4v) is 2.34. The van der Waals surface area contributed by atoms with E-state index in [4.69, 9.17) is 0 Å². The second-order valence-electron chi connectivity index (χ2n) is 4.82. The number of anilines is 2. The molecule has 106 valence electrons. The third-order valence-corrected chi connectivity index (χ3v) is 3.39. The Morgan fingerprint density at radius 2 is 1.95 bits per heavy atom. The van der Waals surface area contributed by atoms with E-state index in [2.05, 4.69) is 72.4 Å². The third-order valence-electron chi connectivity index (χ3n) is 3.39. The SMILES string of the molecule is CCNCc1cc(N(CC)c2ccccc2C)ccn1. The molecule has 1 aromatic heterocycles. The van der Waals surface area contributed by atoms with Crippen LogP contribution in [0.5, 0.6) is 0 Å². The lowest BCUT2D eigenvalue weighted by Gasteiger charge is -2.25. The molecular weight excluding hydrogens is 246 g/mol. The Hall–Kier alpha value is -1.87. The maximum Gasteiger partial charge on any atom is 0.0562 e. The average Bonchev–Trinajstić information content (AvgIpc) is 2.48. The molecule has 0 aliphatic heterocycles. The zero-order valence-electron chi connectivity index (χ0n) is 12.6. The third kappa shape index (κ3) is 3.36. The Bertz CT molecular complexity index is 551. The highest BCUT2D eigenvalue weighted by molar-refractivity contribution is 5.66. The molecule has 0 atom stereocenters. The van der Waals surface area contributed by atoms with Crippen LogP contribution in [0.3, 0.4) is 0 Å². The molecule has 0 unspecified atom stereocenters. The van der Waals surface area contributed by atoms with Gasteiger partial charge in [0.25, 0.3) is 0 Å². The van der Waals surface area contributed by atoms with Gasteiger partial charge in [-0.05, 0) is 44.2 Å². The van der Waals surface area contributed by atoms with Gasteiger partial charge < -0.3 is 10.2 Å². The van der Waals surface area contributed by atoms with E-state index >= 15 is 0 Å². The second-order valence-corrected chi connectivity index (χ2v) is 4.82. The Kier molecular flexibility index (Phi) is 5.13. The summed E-state index contributed by atoms with van der Waals surface area (Å²) in [7, 11) is 0. The lowest BCUT2D eigenvalue weighted by Crippen LogP contribution is -2.18. The predicted molar refractivity (Wildman–Crippen MR) is 85.5 cm³/mol. The summed E-state index contributed by atoms with van der Waals surface area (Å²) in [6, 6.07) is 12.7. The molecule has 2 aromatic rings. The molecule has 0 aliphatic rings. The van der Waals surface area contributed by atoms with Crippen molar-refractivity contribution in [1.82, 2.24) is 10.3 Å². The molecule has 2 rings (SSSR count). The van der Waals surface area contributed by atoms with Gasteiger partial charge in [-0.3, -0.25) is 4.98 Å². The van der Waals surface area contributed by atoms with Crippen LogP contribution >= 0.6 is 0 Å². The Morgan fingerprint density at radius 1 is 1.15 bits per heavy atom. The highest BCUT2D eigenvalue weighted by Crippen LogP contribution is 2.27. The van der Waals surface area contributed by atoms with E-state index < -0.39 is 0 Å². The molecule has 3 heteroatoms. The molecule has 3 nitrogen and oxygen atoms in total. The van der Waals surface area contributed by atoms with E-state index in [9.17, 15) is 0 Å². The van der Waals surface area contributed by atoms with Crippen molar-refractivity contribution in [1.29, 1.82) is 0 Å². The number of pyridine rings is 1. The van der Waals surface area contributed by atoms with Crippen molar-refractivity contribution in [2.45, 2.75) is 27.3 Å². The van der Waals surface area contributed by atoms with Crippen LogP contribution in [0, 0.1) is 6.92 Å². The molecule has 1 N–H and O–H groups in total. The number of aryl methyl sites for hydroxylation is 1. The highest BCUT2D eigenvalue weighted by Gasteiger charge is 2.10. The molecule has 0 aliphatic carbocycles. The highest BCUT2D eigenvalue weighted by atomic mass is 15.1. The van der Waals surface area contributed by atoms with Crippen LogP contribution < -0.4 is 10.2 Å². The largest absolute Gasteiger partial charge is 0.341 e. The number of hydrogen-bond acceptors (Lipinski definition) is 3. The van der Waals surface area contributed by atoms with Gasteiger partial charge in [0.2, 0.25) is 0 Å².